The van der Waals surface area contributed by atoms with Crippen LogP contribution in [0, 0.1) is 5.92 Å². The predicted octanol–water partition coefficient (Wildman–Crippen LogP) is 3.20. The molecule has 0 spiro atoms. The number of hydrogen-bond acceptors (Lipinski definition) is 1. The first-order valence-corrected chi connectivity index (χ1v) is 4.59. The summed E-state index contributed by atoms with van der Waals surface area (Å²) in [7, 11) is 0. The first-order valence-electron chi connectivity index (χ1n) is 4.22. The van der Waals surface area contributed by atoms with Crippen LogP contribution in [0.1, 0.15) is 18.6 Å². The molecule has 0 saturated heterocycles. The van der Waals surface area contributed by atoms with E-state index in [1.807, 2.05) is 25.1 Å². The highest BCUT2D eigenvalue weighted by Crippen LogP contribution is 2.28. The van der Waals surface area contributed by atoms with E-state index in [0.29, 0.717) is 5.02 Å². The molecule has 0 aliphatic carbocycles. The van der Waals surface area contributed by atoms with Crippen LogP contribution in [0.2, 0.25) is 5.02 Å². The molecule has 1 nitrogen and oxygen atoms in total. The topological polar surface area (TPSA) is 20.2 Å². The quantitative estimate of drug-likeness (QED) is 0.737. The van der Waals surface area contributed by atoms with Gasteiger partial charge in [-0.15, -0.1) is 6.58 Å². The molecule has 1 rings (SSSR count). The second-order valence-corrected chi connectivity index (χ2v) is 3.47. The van der Waals surface area contributed by atoms with Crippen molar-refractivity contribution in [2.75, 3.05) is 0 Å². The second-order valence-electron chi connectivity index (χ2n) is 3.06. The normalized spacial score (nSPS) is 15.0. The van der Waals surface area contributed by atoms with Gasteiger partial charge in [0.2, 0.25) is 0 Å². The molecular formula is C11H13ClO. The van der Waals surface area contributed by atoms with Gasteiger partial charge in [-0.1, -0.05) is 42.8 Å². The van der Waals surface area contributed by atoms with Crippen LogP contribution >= 0.6 is 11.6 Å². The molecule has 1 N–H and O–H groups in total. The van der Waals surface area contributed by atoms with Crippen molar-refractivity contribution in [3.05, 3.63) is 47.5 Å². The lowest BCUT2D eigenvalue weighted by atomic mass is 9.98. The summed E-state index contributed by atoms with van der Waals surface area (Å²) >= 11 is 5.93. The van der Waals surface area contributed by atoms with Gasteiger partial charge in [-0.2, -0.15) is 0 Å². The Balaban J connectivity index is 2.94. The van der Waals surface area contributed by atoms with Crippen molar-refractivity contribution in [1.82, 2.24) is 0 Å². The average molecular weight is 197 g/mol. The van der Waals surface area contributed by atoms with Crippen molar-refractivity contribution < 1.29 is 5.11 Å². The molecule has 0 bridgehead atoms. The van der Waals surface area contributed by atoms with Crippen molar-refractivity contribution in [3.8, 4) is 0 Å². The molecule has 2 atom stereocenters. The largest absolute Gasteiger partial charge is 0.388 e. The van der Waals surface area contributed by atoms with E-state index in [1.165, 1.54) is 0 Å². The van der Waals surface area contributed by atoms with Crippen molar-refractivity contribution >= 4 is 11.6 Å². The molecule has 1 aromatic rings. The molecule has 2 heteroatoms. The van der Waals surface area contributed by atoms with Gasteiger partial charge in [0, 0.05) is 10.9 Å². The van der Waals surface area contributed by atoms with E-state index in [2.05, 4.69) is 6.58 Å². The molecular weight excluding hydrogens is 184 g/mol. The lowest BCUT2D eigenvalue weighted by Gasteiger charge is -2.16. The van der Waals surface area contributed by atoms with Crippen LogP contribution in [0.15, 0.2) is 36.9 Å². The van der Waals surface area contributed by atoms with Gasteiger partial charge < -0.3 is 5.11 Å². The van der Waals surface area contributed by atoms with Crippen molar-refractivity contribution in [3.63, 3.8) is 0 Å². The minimum absolute atomic E-state index is 0.0138. The highest BCUT2D eigenvalue weighted by Gasteiger charge is 2.15. The Hall–Kier alpha value is -0.790. The van der Waals surface area contributed by atoms with Crippen LogP contribution in [0.4, 0.5) is 0 Å². The molecule has 0 unspecified atom stereocenters. The Labute approximate surface area is 83.7 Å². The Morgan fingerprint density at radius 2 is 2.08 bits per heavy atom. The minimum atomic E-state index is -0.564. The molecule has 0 amide bonds. The zero-order chi connectivity index (χ0) is 9.84. The maximum Gasteiger partial charge on any atom is 0.0864 e. The summed E-state index contributed by atoms with van der Waals surface area (Å²) in [4.78, 5) is 0. The third-order valence-corrected chi connectivity index (χ3v) is 2.44. The maximum absolute atomic E-state index is 9.81. The predicted molar refractivity (Wildman–Crippen MR) is 55.8 cm³/mol. The fourth-order valence-corrected chi connectivity index (χ4v) is 1.37. The number of halogens is 1. The van der Waals surface area contributed by atoms with Gasteiger partial charge in [-0.25, -0.2) is 0 Å². The summed E-state index contributed by atoms with van der Waals surface area (Å²) in [5.41, 5.74) is 0.761. The molecule has 0 saturated carbocycles. The van der Waals surface area contributed by atoms with Gasteiger partial charge in [0.15, 0.2) is 0 Å². The van der Waals surface area contributed by atoms with Gasteiger partial charge in [0.25, 0.3) is 0 Å². The zero-order valence-electron chi connectivity index (χ0n) is 7.57. The van der Waals surface area contributed by atoms with Crippen LogP contribution in [0.5, 0.6) is 0 Å². The fourth-order valence-electron chi connectivity index (χ4n) is 1.13. The Morgan fingerprint density at radius 1 is 1.46 bits per heavy atom. The fraction of sp³-hybridized carbons (Fsp3) is 0.273. The van der Waals surface area contributed by atoms with Gasteiger partial charge in [-0.05, 0) is 11.6 Å². The smallest absolute Gasteiger partial charge is 0.0864 e. The van der Waals surface area contributed by atoms with Crippen LogP contribution < -0.4 is 0 Å². The van der Waals surface area contributed by atoms with E-state index in [9.17, 15) is 5.11 Å². The molecule has 1 aromatic carbocycles. The highest BCUT2D eigenvalue weighted by molar-refractivity contribution is 6.31. The minimum Gasteiger partial charge on any atom is -0.388 e. The van der Waals surface area contributed by atoms with Crippen molar-refractivity contribution in [1.29, 1.82) is 0 Å². The number of aliphatic hydroxyl groups excluding tert-OH is 1. The number of hydrogen-bond donors (Lipinski definition) is 1. The standard InChI is InChI=1S/C11H13ClO/c1-3-8(2)11(13)9-6-4-5-7-10(9)12/h3-8,11,13H,1H2,2H3/t8-,11-/m1/s1. The number of benzene rings is 1. The third-order valence-electron chi connectivity index (χ3n) is 2.09. The van der Waals surface area contributed by atoms with E-state index in [0.717, 1.165) is 5.56 Å². The third kappa shape index (κ3) is 2.33. The molecule has 0 aliphatic heterocycles. The molecule has 0 fully saturated rings. The molecule has 0 aliphatic rings. The van der Waals surface area contributed by atoms with Crippen molar-refractivity contribution in [2.45, 2.75) is 13.0 Å². The molecule has 13 heavy (non-hydrogen) atoms. The van der Waals surface area contributed by atoms with E-state index in [4.69, 9.17) is 11.6 Å². The van der Waals surface area contributed by atoms with E-state index in [-0.39, 0.29) is 5.92 Å². The van der Waals surface area contributed by atoms with Gasteiger partial charge >= 0.3 is 0 Å². The summed E-state index contributed by atoms with van der Waals surface area (Å²) in [6.45, 7) is 5.54. The van der Waals surface area contributed by atoms with Crippen LogP contribution in [0.25, 0.3) is 0 Å². The summed E-state index contributed by atoms with van der Waals surface area (Å²) in [6, 6.07) is 7.31. The second kappa shape index (κ2) is 4.45. The lowest BCUT2D eigenvalue weighted by Crippen LogP contribution is -2.06. The summed E-state index contributed by atoms with van der Waals surface area (Å²) in [5, 5.41) is 10.4. The SMILES string of the molecule is C=C[C@@H](C)[C@@H](O)c1ccccc1Cl. The average Bonchev–Trinajstić information content (AvgIpc) is 2.16. The van der Waals surface area contributed by atoms with Gasteiger partial charge in [-0.3, -0.25) is 0 Å². The Morgan fingerprint density at radius 3 is 2.62 bits per heavy atom. The molecule has 0 aromatic heterocycles. The van der Waals surface area contributed by atoms with Gasteiger partial charge in [0.05, 0.1) is 6.10 Å². The van der Waals surface area contributed by atoms with Crippen molar-refractivity contribution in [2.24, 2.45) is 5.92 Å². The number of aliphatic hydroxyl groups is 1. The first-order chi connectivity index (χ1) is 6.16. The van der Waals surface area contributed by atoms with Crippen LogP contribution in [-0.2, 0) is 0 Å². The Bertz CT molecular complexity index is 296. The van der Waals surface area contributed by atoms with E-state index >= 15 is 0 Å². The van der Waals surface area contributed by atoms with Crippen LogP contribution in [0.3, 0.4) is 0 Å². The highest BCUT2D eigenvalue weighted by atomic mass is 35.5. The van der Waals surface area contributed by atoms with Gasteiger partial charge in [0.1, 0.15) is 0 Å². The summed E-state index contributed by atoms with van der Waals surface area (Å²) in [6.07, 6.45) is 1.15. The summed E-state index contributed by atoms with van der Waals surface area (Å²) in [5.74, 6) is 0.0138. The lowest BCUT2D eigenvalue weighted by molar-refractivity contribution is 0.140. The first kappa shape index (κ1) is 10.3. The van der Waals surface area contributed by atoms with E-state index in [1.54, 1.807) is 12.1 Å². The molecule has 0 radical (unpaired) electrons. The molecule has 70 valence electrons. The monoisotopic (exact) mass is 196 g/mol. The number of rotatable bonds is 3. The zero-order valence-corrected chi connectivity index (χ0v) is 8.33. The van der Waals surface area contributed by atoms with Crippen LogP contribution in [-0.4, -0.2) is 5.11 Å². The van der Waals surface area contributed by atoms with E-state index < -0.39 is 6.10 Å². The Kier molecular flexibility index (Phi) is 3.52. The maximum atomic E-state index is 9.81. The molecule has 0 heterocycles. The summed E-state index contributed by atoms with van der Waals surface area (Å²) < 4.78 is 0.